The minimum Gasteiger partial charge on any atom is -0.448 e. The summed E-state index contributed by atoms with van der Waals surface area (Å²) in [6.45, 7) is 5.12. The Labute approximate surface area is 217 Å². The Morgan fingerprint density at radius 2 is 1.49 bits per heavy atom. The van der Waals surface area contributed by atoms with Crippen LogP contribution >= 0.6 is 0 Å². The van der Waals surface area contributed by atoms with Crippen LogP contribution in [0.4, 0.5) is 4.79 Å². The second-order valence-electron chi connectivity index (χ2n) is 9.84. The van der Waals surface area contributed by atoms with Crippen molar-refractivity contribution in [2.75, 3.05) is 19.7 Å². The number of hydrogen-bond acceptors (Lipinski definition) is 4. The lowest BCUT2D eigenvalue weighted by Gasteiger charge is -2.33. The standard InChI is InChI=1S/C30H34N4O3/c1-23(33(20-24-10-4-2-5-11-24)21-25-12-6-3-7-13-25)22-37-30(36)32-18-16-26(17-19-32)34-28-15-9-8-14-27(28)31-29(34)35/h2-15,23,26H,16-22H2,1H3,(H,31,35). The third kappa shape index (κ3) is 5.94. The van der Waals surface area contributed by atoms with Crippen molar-refractivity contribution in [1.29, 1.82) is 0 Å². The molecule has 0 saturated carbocycles. The van der Waals surface area contributed by atoms with E-state index in [9.17, 15) is 9.59 Å². The number of hydrogen-bond donors (Lipinski definition) is 1. The Kier molecular flexibility index (Phi) is 7.70. The topological polar surface area (TPSA) is 70.6 Å². The summed E-state index contributed by atoms with van der Waals surface area (Å²) in [5, 5.41) is 0. The molecule has 5 rings (SSSR count). The summed E-state index contributed by atoms with van der Waals surface area (Å²) in [6, 6.07) is 28.6. The first-order chi connectivity index (χ1) is 18.1. The monoisotopic (exact) mass is 498 g/mol. The van der Waals surface area contributed by atoms with Gasteiger partial charge in [-0.1, -0.05) is 72.8 Å². The molecule has 1 aliphatic rings. The fourth-order valence-electron chi connectivity index (χ4n) is 5.14. The average Bonchev–Trinajstić information content (AvgIpc) is 3.28. The van der Waals surface area contributed by atoms with Gasteiger partial charge in [0.2, 0.25) is 0 Å². The summed E-state index contributed by atoms with van der Waals surface area (Å²) in [6.07, 6.45) is 1.16. The van der Waals surface area contributed by atoms with Crippen LogP contribution in [0, 0.1) is 0 Å². The van der Waals surface area contributed by atoms with Gasteiger partial charge < -0.3 is 14.6 Å². The normalized spacial score (nSPS) is 15.2. The van der Waals surface area contributed by atoms with Gasteiger partial charge in [0.15, 0.2) is 0 Å². The Morgan fingerprint density at radius 3 is 2.11 bits per heavy atom. The van der Waals surface area contributed by atoms with E-state index in [0.717, 1.165) is 37.0 Å². The molecule has 1 saturated heterocycles. The zero-order chi connectivity index (χ0) is 25.6. The van der Waals surface area contributed by atoms with Crippen LogP contribution in [0.3, 0.4) is 0 Å². The van der Waals surface area contributed by atoms with E-state index in [1.807, 2.05) is 41.0 Å². The Bertz CT molecular complexity index is 1320. The van der Waals surface area contributed by atoms with Crippen LogP contribution in [0.15, 0.2) is 89.7 Å². The number of benzene rings is 3. The Morgan fingerprint density at radius 1 is 0.919 bits per heavy atom. The van der Waals surface area contributed by atoms with E-state index in [2.05, 4.69) is 65.3 Å². The predicted molar refractivity (Wildman–Crippen MR) is 145 cm³/mol. The number of para-hydroxylation sites is 2. The lowest BCUT2D eigenvalue weighted by molar-refractivity contribution is 0.0567. The van der Waals surface area contributed by atoms with Gasteiger partial charge in [-0.15, -0.1) is 0 Å². The van der Waals surface area contributed by atoms with Gasteiger partial charge in [0.25, 0.3) is 0 Å². The van der Waals surface area contributed by atoms with Crippen LogP contribution in [0.5, 0.6) is 0 Å². The summed E-state index contributed by atoms with van der Waals surface area (Å²) in [4.78, 5) is 32.5. The third-order valence-electron chi connectivity index (χ3n) is 7.24. The SMILES string of the molecule is CC(COC(=O)N1CCC(n2c(=O)[nH]c3ccccc32)CC1)N(Cc1ccccc1)Cc1ccccc1. The van der Waals surface area contributed by atoms with Gasteiger partial charge >= 0.3 is 11.8 Å². The smallest absolute Gasteiger partial charge is 0.409 e. The number of aromatic nitrogens is 2. The Hall–Kier alpha value is -3.84. The molecule has 7 nitrogen and oxygen atoms in total. The fourth-order valence-corrected chi connectivity index (χ4v) is 5.14. The van der Waals surface area contributed by atoms with E-state index in [4.69, 9.17) is 4.74 Å². The van der Waals surface area contributed by atoms with Crippen molar-refractivity contribution in [1.82, 2.24) is 19.4 Å². The minimum atomic E-state index is -0.282. The molecule has 0 bridgehead atoms. The number of imidazole rings is 1. The average molecular weight is 499 g/mol. The minimum absolute atomic E-state index is 0.0479. The molecule has 1 unspecified atom stereocenters. The Balaban J connectivity index is 1.17. The predicted octanol–water partition coefficient (Wildman–Crippen LogP) is 5.19. The van der Waals surface area contributed by atoms with Gasteiger partial charge in [-0.25, -0.2) is 9.59 Å². The molecule has 192 valence electrons. The highest BCUT2D eigenvalue weighted by Gasteiger charge is 2.27. The van der Waals surface area contributed by atoms with Crippen molar-refractivity contribution in [2.24, 2.45) is 0 Å². The number of amides is 1. The van der Waals surface area contributed by atoms with Gasteiger partial charge in [0.1, 0.15) is 6.61 Å². The maximum absolute atomic E-state index is 12.9. The largest absolute Gasteiger partial charge is 0.448 e. The molecule has 0 aliphatic carbocycles. The number of carbonyl (C=O) groups excluding carboxylic acids is 1. The van der Waals surface area contributed by atoms with E-state index < -0.39 is 0 Å². The van der Waals surface area contributed by atoms with E-state index in [-0.39, 0.29) is 23.9 Å². The zero-order valence-electron chi connectivity index (χ0n) is 21.3. The second-order valence-corrected chi connectivity index (χ2v) is 9.84. The summed E-state index contributed by atoms with van der Waals surface area (Å²) >= 11 is 0. The lowest BCUT2D eigenvalue weighted by atomic mass is 10.0. The molecule has 3 aromatic carbocycles. The number of H-pyrrole nitrogens is 1. The lowest BCUT2D eigenvalue weighted by Crippen LogP contribution is -2.42. The van der Waals surface area contributed by atoms with Gasteiger partial charge in [-0.3, -0.25) is 9.47 Å². The van der Waals surface area contributed by atoms with Crippen LogP contribution in [0.2, 0.25) is 0 Å². The van der Waals surface area contributed by atoms with Crippen LogP contribution in [-0.2, 0) is 17.8 Å². The number of likely N-dealkylation sites (tertiary alicyclic amines) is 1. The molecule has 1 aliphatic heterocycles. The fraction of sp³-hybridized carbons (Fsp3) is 0.333. The zero-order valence-corrected chi connectivity index (χ0v) is 21.3. The molecule has 37 heavy (non-hydrogen) atoms. The number of aromatic amines is 1. The first-order valence-electron chi connectivity index (χ1n) is 13.0. The maximum atomic E-state index is 12.9. The number of nitrogens with zero attached hydrogens (tertiary/aromatic N) is 3. The first-order valence-corrected chi connectivity index (χ1v) is 13.0. The summed E-state index contributed by atoms with van der Waals surface area (Å²) in [5.74, 6) is 0. The molecule has 7 heteroatoms. The molecule has 4 aromatic rings. The van der Waals surface area contributed by atoms with E-state index >= 15 is 0 Å². The third-order valence-corrected chi connectivity index (χ3v) is 7.24. The quantitative estimate of drug-likeness (QED) is 0.363. The van der Waals surface area contributed by atoms with Gasteiger partial charge in [-0.05, 0) is 43.0 Å². The van der Waals surface area contributed by atoms with Crippen molar-refractivity contribution < 1.29 is 9.53 Å². The number of rotatable bonds is 8. The van der Waals surface area contributed by atoms with Gasteiger partial charge in [0.05, 0.1) is 11.0 Å². The van der Waals surface area contributed by atoms with Crippen LogP contribution < -0.4 is 5.69 Å². The summed E-state index contributed by atoms with van der Waals surface area (Å²) in [5.41, 5.74) is 4.13. The van der Waals surface area contributed by atoms with Crippen molar-refractivity contribution in [2.45, 2.75) is 44.9 Å². The number of nitrogens with one attached hydrogen (secondary N) is 1. The summed E-state index contributed by atoms with van der Waals surface area (Å²) < 4.78 is 7.63. The first kappa shape index (κ1) is 24.8. The number of carbonyl (C=O) groups is 1. The molecule has 1 N–H and O–H groups in total. The molecule has 1 amide bonds. The molecule has 2 heterocycles. The van der Waals surface area contributed by atoms with Crippen LogP contribution in [-0.4, -0.2) is 51.2 Å². The maximum Gasteiger partial charge on any atom is 0.409 e. The molecular formula is C30H34N4O3. The van der Waals surface area contributed by atoms with Crippen LogP contribution in [0.1, 0.15) is 36.9 Å². The molecule has 1 fully saturated rings. The van der Waals surface area contributed by atoms with Gasteiger partial charge in [-0.2, -0.15) is 0 Å². The number of fused-ring (bicyclic) bond motifs is 1. The highest BCUT2D eigenvalue weighted by Crippen LogP contribution is 2.25. The van der Waals surface area contributed by atoms with Crippen molar-refractivity contribution >= 4 is 17.1 Å². The van der Waals surface area contributed by atoms with Crippen molar-refractivity contribution in [3.8, 4) is 0 Å². The van der Waals surface area contributed by atoms with E-state index in [1.54, 1.807) is 4.90 Å². The molecule has 0 radical (unpaired) electrons. The van der Waals surface area contributed by atoms with Crippen molar-refractivity contribution in [3.05, 3.63) is 107 Å². The number of ether oxygens (including phenoxy) is 1. The highest BCUT2D eigenvalue weighted by molar-refractivity contribution is 5.75. The second kappa shape index (κ2) is 11.5. The van der Waals surface area contributed by atoms with E-state index in [1.165, 1.54) is 11.1 Å². The van der Waals surface area contributed by atoms with Crippen molar-refractivity contribution in [3.63, 3.8) is 0 Å². The molecule has 1 atom stereocenters. The highest BCUT2D eigenvalue weighted by atomic mass is 16.6. The van der Waals surface area contributed by atoms with E-state index in [0.29, 0.717) is 19.7 Å². The number of piperidine rings is 1. The molecule has 1 aromatic heterocycles. The molecule has 0 spiro atoms. The van der Waals surface area contributed by atoms with Crippen LogP contribution in [0.25, 0.3) is 11.0 Å². The van der Waals surface area contributed by atoms with Gasteiger partial charge in [0, 0.05) is 38.3 Å². The molecular weight excluding hydrogens is 464 g/mol. The summed E-state index contributed by atoms with van der Waals surface area (Å²) in [7, 11) is 0.